The number of aromatic nitrogens is 4. The molecule has 2 aromatic rings. The second-order valence-corrected chi connectivity index (χ2v) is 6.64. The summed E-state index contributed by atoms with van der Waals surface area (Å²) in [6.07, 6.45) is -0.850. The fraction of sp³-hybridized carbons (Fsp3) is 0.625. The number of nitrogens with zero attached hydrogens (tertiary/aromatic N) is 6. The molecule has 0 spiro atoms. The molecule has 8 nitrogen and oxygen atoms in total. The molecule has 1 amide bonds. The summed E-state index contributed by atoms with van der Waals surface area (Å²) in [5.74, 6) is -0.984. The lowest BCUT2D eigenvalue weighted by atomic mass is 10.1. The monoisotopic (exact) mass is 384 g/mol. The first-order valence-electron chi connectivity index (χ1n) is 8.82. The molecule has 4 rings (SSSR count). The van der Waals surface area contributed by atoms with Crippen LogP contribution in [0.2, 0.25) is 0 Å². The number of rotatable bonds is 2. The maximum Gasteiger partial charge on any atom is 0.471 e. The molecule has 146 valence electrons. The molecule has 0 aromatic carbocycles. The Morgan fingerprint density at radius 2 is 1.81 bits per heavy atom. The average Bonchev–Trinajstić information content (AvgIpc) is 3.12. The summed E-state index contributed by atoms with van der Waals surface area (Å²) in [5, 5.41) is 5.24. The van der Waals surface area contributed by atoms with Crippen LogP contribution in [0.15, 0.2) is 12.5 Å². The Morgan fingerprint density at radius 1 is 1.11 bits per heavy atom. The zero-order chi connectivity index (χ0) is 19.0. The van der Waals surface area contributed by atoms with E-state index in [1.54, 1.807) is 10.9 Å². The Morgan fingerprint density at radius 3 is 2.48 bits per heavy atom. The van der Waals surface area contributed by atoms with Crippen molar-refractivity contribution in [2.75, 3.05) is 44.3 Å². The van der Waals surface area contributed by atoms with Crippen LogP contribution in [-0.2, 0) is 9.53 Å². The van der Waals surface area contributed by atoms with E-state index in [9.17, 15) is 18.0 Å². The van der Waals surface area contributed by atoms with Crippen LogP contribution in [0.1, 0.15) is 18.9 Å². The summed E-state index contributed by atoms with van der Waals surface area (Å²) < 4.78 is 44.9. The molecule has 4 heterocycles. The van der Waals surface area contributed by atoms with Gasteiger partial charge in [-0.3, -0.25) is 4.79 Å². The molecule has 11 heteroatoms. The van der Waals surface area contributed by atoms with Gasteiger partial charge in [-0.2, -0.15) is 18.3 Å². The van der Waals surface area contributed by atoms with Crippen molar-refractivity contribution in [3.05, 3.63) is 12.5 Å². The Bertz CT molecular complexity index is 825. The molecule has 2 saturated heterocycles. The SMILES string of the molecule is O=C(N1CCC(n2ncc3c(N4CCOCC4)ncnc32)CC1)C(F)(F)F. The van der Waals surface area contributed by atoms with Crippen molar-refractivity contribution in [1.82, 2.24) is 24.6 Å². The molecule has 0 unspecified atom stereocenters. The first-order valence-corrected chi connectivity index (χ1v) is 8.82. The molecule has 0 atom stereocenters. The van der Waals surface area contributed by atoms with Crippen LogP contribution in [0, 0.1) is 0 Å². The number of likely N-dealkylation sites (tertiary alicyclic amines) is 1. The molecule has 2 aromatic heterocycles. The van der Waals surface area contributed by atoms with Crippen LogP contribution in [0.5, 0.6) is 0 Å². The van der Waals surface area contributed by atoms with Gasteiger partial charge in [0.15, 0.2) is 5.65 Å². The number of hydrogen-bond donors (Lipinski definition) is 0. The van der Waals surface area contributed by atoms with Crippen molar-refractivity contribution in [2.45, 2.75) is 25.1 Å². The summed E-state index contributed by atoms with van der Waals surface area (Å²) in [6.45, 7) is 2.82. The number of carbonyl (C=O) groups excluding carboxylic acids is 1. The summed E-state index contributed by atoms with van der Waals surface area (Å²) in [6, 6.07) is -0.104. The standard InChI is InChI=1S/C16H19F3N6O2/c17-16(18,19)15(26)24-3-1-11(2-4-24)25-14-12(9-22-25)13(20-10-21-14)23-5-7-27-8-6-23/h9-11H,1-8H2. The number of carbonyl (C=O) groups is 1. The highest BCUT2D eigenvalue weighted by atomic mass is 19.4. The molecule has 0 radical (unpaired) electrons. The van der Waals surface area contributed by atoms with E-state index >= 15 is 0 Å². The number of alkyl halides is 3. The van der Waals surface area contributed by atoms with Gasteiger partial charge >= 0.3 is 12.1 Å². The smallest absolute Gasteiger partial charge is 0.378 e. The zero-order valence-electron chi connectivity index (χ0n) is 14.5. The fourth-order valence-corrected chi connectivity index (χ4v) is 3.64. The molecule has 0 N–H and O–H groups in total. The highest BCUT2D eigenvalue weighted by Crippen LogP contribution is 2.30. The Hall–Kier alpha value is -2.43. The van der Waals surface area contributed by atoms with Gasteiger partial charge in [0.25, 0.3) is 0 Å². The maximum absolute atomic E-state index is 12.6. The maximum atomic E-state index is 12.6. The van der Waals surface area contributed by atoms with Gasteiger partial charge in [-0.05, 0) is 12.8 Å². The number of anilines is 1. The molecule has 0 saturated carbocycles. The predicted octanol–water partition coefficient (Wildman–Crippen LogP) is 1.39. The molecular formula is C16H19F3N6O2. The third-order valence-electron chi connectivity index (χ3n) is 5.02. The highest BCUT2D eigenvalue weighted by Gasteiger charge is 2.43. The topological polar surface area (TPSA) is 76.4 Å². The Kier molecular flexibility index (Phi) is 4.62. The van der Waals surface area contributed by atoms with E-state index in [4.69, 9.17) is 4.74 Å². The molecular weight excluding hydrogens is 365 g/mol. The van der Waals surface area contributed by atoms with Gasteiger partial charge in [-0.1, -0.05) is 0 Å². The number of amides is 1. The van der Waals surface area contributed by atoms with Crippen molar-refractivity contribution >= 4 is 22.8 Å². The van der Waals surface area contributed by atoms with Gasteiger partial charge < -0.3 is 14.5 Å². The Labute approximate surface area is 152 Å². The number of piperidine rings is 1. The van der Waals surface area contributed by atoms with Crippen LogP contribution in [0.25, 0.3) is 11.0 Å². The Balaban J connectivity index is 1.53. The van der Waals surface area contributed by atoms with Crippen LogP contribution in [-0.4, -0.2) is 76.1 Å². The second kappa shape index (κ2) is 6.95. The number of morpholine rings is 1. The van der Waals surface area contributed by atoms with E-state index in [0.29, 0.717) is 31.7 Å². The third kappa shape index (κ3) is 3.43. The lowest BCUT2D eigenvalue weighted by molar-refractivity contribution is -0.186. The minimum Gasteiger partial charge on any atom is -0.378 e. The van der Waals surface area contributed by atoms with Crippen LogP contribution in [0.4, 0.5) is 19.0 Å². The van der Waals surface area contributed by atoms with Gasteiger partial charge in [-0.25, -0.2) is 14.6 Å². The molecule has 2 aliphatic rings. The van der Waals surface area contributed by atoms with Crippen molar-refractivity contribution < 1.29 is 22.7 Å². The van der Waals surface area contributed by atoms with Gasteiger partial charge in [0.05, 0.1) is 30.8 Å². The summed E-state index contributed by atoms with van der Waals surface area (Å²) in [7, 11) is 0. The number of halogens is 3. The van der Waals surface area contributed by atoms with Gasteiger partial charge in [0, 0.05) is 26.2 Å². The molecule has 27 heavy (non-hydrogen) atoms. The normalized spacial score (nSPS) is 19.7. The minimum atomic E-state index is -4.83. The van der Waals surface area contributed by atoms with E-state index in [0.717, 1.165) is 29.2 Å². The average molecular weight is 384 g/mol. The van der Waals surface area contributed by atoms with Crippen LogP contribution < -0.4 is 4.90 Å². The lowest BCUT2D eigenvalue weighted by Crippen LogP contribution is -2.45. The second-order valence-electron chi connectivity index (χ2n) is 6.64. The number of ether oxygens (including phenoxy) is 1. The summed E-state index contributed by atoms with van der Waals surface area (Å²) in [5.41, 5.74) is 0.659. The molecule has 2 fully saturated rings. The quantitative estimate of drug-likeness (QED) is 0.779. The summed E-state index contributed by atoms with van der Waals surface area (Å²) in [4.78, 5) is 23.1. The predicted molar refractivity (Wildman–Crippen MR) is 89.3 cm³/mol. The van der Waals surface area contributed by atoms with E-state index in [2.05, 4.69) is 20.0 Å². The fourth-order valence-electron chi connectivity index (χ4n) is 3.64. The number of fused-ring (bicyclic) bond motifs is 1. The van der Waals surface area contributed by atoms with E-state index < -0.39 is 12.1 Å². The van der Waals surface area contributed by atoms with Crippen LogP contribution >= 0.6 is 0 Å². The lowest BCUT2D eigenvalue weighted by Gasteiger charge is -2.32. The third-order valence-corrected chi connectivity index (χ3v) is 5.02. The highest BCUT2D eigenvalue weighted by molar-refractivity contribution is 5.86. The summed E-state index contributed by atoms with van der Waals surface area (Å²) >= 11 is 0. The molecule has 0 aliphatic carbocycles. The molecule has 0 bridgehead atoms. The first kappa shape index (κ1) is 18.0. The zero-order valence-corrected chi connectivity index (χ0v) is 14.5. The van der Waals surface area contributed by atoms with Crippen LogP contribution in [0.3, 0.4) is 0 Å². The van der Waals surface area contributed by atoms with Gasteiger partial charge in [0.2, 0.25) is 0 Å². The molecule has 2 aliphatic heterocycles. The van der Waals surface area contributed by atoms with Crippen molar-refractivity contribution in [3.8, 4) is 0 Å². The van der Waals surface area contributed by atoms with Crippen molar-refractivity contribution in [1.29, 1.82) is 0 Å². The van der Waals surface area contributed by atoms with Crippen molar-refractivity contribution in [3.63, 3.8) is 0 Å². The van der Waals surface area contributed by atoms with Gasteiger partial charge in [0.1, 0.15) is 12.1 Å². The van der Waals surface area contributed by atoms with Crippen molar-refractivity contribution in [2.24, 2.45) is 0 Å². The largest absolute Gasteiger partial charge is 0.471 e. The minimum absolute atomic E-state index is 0.0474. The van der Waals surface area contributed by atoms with E-state index in [-0.39, 0.29) is 19.1 Å². The van der Waals surface area contributed by atoms with Gasteiger partial charge in [-0.15, -0.1) is 0 Å². The first-order chi connectivity index (χ1) is 12.9. The van der Waals surface area contributed by atoms with E-state index in [1.807, 2.05) is 0 Å². The number of hydrogen-bond acceptors (Lipinski definition) is 6. The van der Waals surface area contributed by atoms with E-state index in [1.165, 1.54) is 6.33 Å².